The zero-order chi connectivity index (χ0) is 19.3. The van der Waals surface area contributed by atoms with E-state index in [9.17, 15) is 4.79 Å². The number of nitrogens with one attached hydrogen (secondary N) is 1. The maximum atomic E-state index is 13.2. The monoisotopic (exact) mass is 392 g/mol. The quantitative estimate of drug-likeness (QED) is 0.635. The summed E-state index contributed by atoms with van der Waals surface area (Å²) in [6, 6.07) is 17.7. The van der Waals surface area contributed by atoms with Crippen molar-refractivity contribution in [2.75, 3.05) is 5.32 Å². The van der Waals surface area contributed by atoms with Crippen molar-refractivity contribution in [2.45, 2.75) is 49.6 Å². The first-order chi connectivity index (χ1) is 13.7. The number of fused-ring (bicyclic) bond motifs is 1. The first kappa shape index (κ1) is 18.7. The van der Waals surface area contributed by atoms with Crippen LogP contribution < -0.4 is 5.32 Å². The summed E-state index contributed by atoms with van der Waals surface area (Å²) < 4.78 is 2.19. The van der Waals surface area contributed by atoms with Gasteiger partial charge in [-0.25, -0.2) is 0 Å². The molecule has 0 aliphatic carbocycles. The summed E-state index contributed by atoms with van der Waals surface area (Å²) in [5.41, 5.74) is 2.93. The molecule has 6 heteroatoms. The maximum absolute atomic E-state index is 13.2. The summed E-state index contributed by atoms with van der Waals surface area (Å²) in [6.45, 7) is 2.96. The second-order valence-electron chi connectivity index (χ2n) is 7.12. The lowest BCUT2D eigenvalue weighted by molar-refractivity contribution is -0.115. The minimum atomic E-state index is -0.390. The number of aromatic nitrogens is 3. The van der Waals surface area contributed by atoms with Crippen molar-refractivity contribution in [1.29, 1.82) is 0 Å². The van der Waals surface area contributed by atoms with Crippen molar-refractivity contribution in [1.82, 2.24) is 14.8 Å². The van der Waals surface area contributed by atoms with Crippen LogP contribution in [0.4, 0.5) is 5.69 Å². The van der Waals surface area contributed by atoms with Crippen LogP contribution >= 0.6 is 11.8 Å². The van der Waals surface area contributed by atoms with Gasteiger partial charge in [-0.2, -0.15) is 0 Å². The summed E-state index contributed by atoms with van der Waals surface area (Å²) >= 11 is 1.48. The van der Waals surface area contributed by atoms with Gasteiger partial charge in [-0.15, -0.1) is 10.2 Å². The van der Waals surface area contributed by atoms with Crippen LogP contribution in [-0.2, 0) is 17.8 Å². The Labute approximate surface area is 169 Å². The normalized spacial score (nSPS) is 14.8. The molecular weight excluding hydrogens is 368 g/mol. The smallest absolute Gasteiger partial charge is 0.242 e. The lowest BCUT2D eigenvalue weighted by Gasteiger charge is -2.17. The number of anilines is 1. The maximum Gasteiger partial charge on any atom is 0.242 e. The molecule has 1 N–H and O–H groups in total. The molecule has 1 atom stereocenters. The molecule has 28 heavy (non-hydrogen) atoms. The number of hydrogen-bond acceptors (Lipinski definition) is 4. The van der Waals surface area contributed by atoms with E-state index >= 15 is 0 Å². The average Bonchev–Trinajstić information content (AvgIpc) is 2.94. The largest absolute Gasteiger partial charge is 0.325 e. The van der Waals surface area contributed by atoms with Crippen LogP contribution in [-0.4, -0.2) is 20.7 Å². The van der Waals surface area contributed by atoms with Gasteiger partial charge in [-0.1, -0.05) is 66.2 Å². The first-order valence-electron chi connectivity index (χ1n) is 9.72. The van der Waals surface area contributed by atoms with Crippen molar-refractivity contribution in [3.63, 3.8) is 0 Å². The van der Waals surface area contributed by atoms with Gasteiger partial charge in [0.25, 0.3) is 0 Å². The van der Waals surface area contributed by atoms with Gasteiger partial charge in [0, 0.05) is 18.7 Å². The highest BCUT2D eigenvalue weighted by molar-refractivity contribution is 8.00. The van der Waals surface area contributed by atoms with E-state index in [1.807, 2.05) is 61.5 Å². The Kier molecular flexibility index (Phi) is 5.76. The van der Waals surface area contributed by atoms with Gasteiger partial charge < -0.3 is 9.88 Å². The van der Waals surface area contributed by atoms with Crippen LogP contribution in [0.25, 0.3) is 0 Å². The van der Waals surface area contributed by atoms with Crippen LogP contribution in [0.2, 0.25) is 0 Å². The predicted molar refractivity (Wildman–Crippen MR) is 112 cm³/mol. The van der Waals surface area contributed by atoms with E-state index in [1.165, 1.54) is 18.2 Å². The fourth-order valence-corrected chi connectivity index (χ4v) is 4.48. The van der Waals surface area contributed by atoms with Gasteiger partial charge in [-0.3, -0.25) is 4.79 Å². The summed E-state index contributed by atoms with van der Waals surface area (Å²) in [7, 11) is 0. The van der Waals surface area contributed by atoms with Gasteiger partial charge >= 0.3 is 0 Å². The number of rotatable bonds is 5. The van der Waals surface area contributed by atoms with Crippen molar-refractivity contribution in [3.05, 3.63) is 71.5 Å². The molecule has 5 nitrogen and oxygen atoms in total. The second kappa shape index (κ2) is 8.61. The zero-order valence-corrected chi connectivity index (χ0v) is 16.8. The molecule has 0 fully saturated rings. The number of carbonyl (C=O) groups excluding carboxylic acids is 1. The Bertz CT molecular complexity index is 937. The number of hydrogen-bond donors (Lipinski definition) is 1. The molecule has 2 aromatic carbocycles. The second-order valence-corrected chi connectivity index (χ2v) is 8.20. The molecule has 4 rings (SSSR count). The molecule has 1 aliphatic rings. The lowest BCUT2D eigenvalue weighted by Crippen LogP contribution is -2.19. The third-order valence-electron chi connectivity index (χ3n) is 4.96. The van der Waals surface area contributed by atoms with Gasteiger partial charge in [0.15, 0.2) is 5.16 Å². The highest BCUT2D eigenvalue weighted by atomic mass is 32.2. The van der Waals surface area contributed by atoms with Crippen molar-refractivity contribution in [3.8, 4) is 0 Å². The summed E-state index contributed by atoms with van der Waals surface area (Å²) in [4.78, 5) is 13.2. The molecule has 0 saturated carbocycles. The van der Waals surface area contributed by atoms with Crippen molar-refractivity contribution in [2.24, 2.45) is 0 Å². The summed E-state index contributed by atoms with van der Waals surface area (Å²) in [5, 5.41) is 12.3. The molecule has 1 amide bonds. The highest BCUT2D eigenvalue weighted by Gasteiger charge is 2.26. The number of nitrogens with zero attached hydrogens (tertiary/aromatic N) is 3. The molecule has 2 heterocycles. The van der Waals surface area contributed by atoms with E-state index < -0.39 is 0 Å². The molecule has 1 unspecified atom stereocenters. The minimum absolute atomic E-state index is 0.0500. The number of amides is 1. The Balaban J connectivity index is 1.60. The van der Waals surface area contributed by atoms with Crippen LogP contribution in [0.5, 0.6) is 0 Å². The molecule has 144 valence electrons. The Hall–Kier alpha value is -2.60. The van der Waals surface area contributed by atoms with Gasteiger partial charge in [0.05, 0.1) is 0 Å². The molecule has 0 radical (unpaired) electrons. The number of aryl methyl sites for hydroxylation is 2. The molecular formula is C22H24N4OS. The van der Waals surface area contributed by atoms with E-state index in [0.717, 1.165) is 53.6 Å². The molecule has 0 bridgehead atoms. The van der Waals surface area contributed by atoms with Crippen LogP contribution in [0.3, 0.4) is 0 Å². The fourth-order valence-electron chi connectivity index (χ4n) is 3.40. The Morgan fingerprint density at radius 1 is 1.04 bits per heavy atom. The van der Waals surface area contributed by atoms with Crippen LogP contribution in [0.15, 0.2) is 59.8 Å². The third kappa shape index (κ3) is 4.28. The van der Waals surface area contributed by atoms with Gasteiger partial charge in [-0.05, 0) is 37.5 Å². The van der Waals surface area contributed by atoms with Crippen LogP contribution in [0, 0.1) is 6.92 Å². The third-order valence-corrected chi connectivity index (χ3v) is 6.19. The van der Waals surface area contributed by atoms with E-state index in [4.69, 9.17) is 0 Å². The summed E-state index contributed by atoms with van der Waals surface area (Å²) in [6.07, 6.45) is 4.45. The fraction of sp³-hybridized carbons (Fsp3) is 0.318. The van der Waals surface area contributed by atoms with Gasteiger partial charge in [0.1, 0.15) is 11.1 Å². The van der Waals surface area contributed by atoms with E-state index in [-0.39, 0.29) is 11.2 Å². The average molecular weight is 393 g/mol. The van der Waals surface area contributed by atoms with E-state index in [0.29, 0.717) is 0 Å². The zero-order valence-electron chi connectivity index (χ0n) is 16.0. The van der Waals surface area contributed by atoms with Crippen molar-refractivity contribution >= 4 is 23.4 Å². The Morgan fingerprint density at radius 2 is 1.82 bits per heavy atom. The number of thioether (sulfide) groups is 1. The topological polar surface area (TPSA) is 59.8 Å². The lowest BCUT2D eigenvalue weighted by atomic mass is 10.1. The SMILES string of the molecule is Cc1ccc(NC(=O)C(Sc2nnc3n2CCCCC3)c2ccccc2)cc1. The van der Waals surface area contributed by atoms with Gasteiger partial charge in [0.2, 0.25) is 5.91 Å². The molecule has 0 spiro atoms. The molecule has 1 aromatic heterocycles. The van der Waals surface area contributed by atoms with Crippen molar-refractivity contribution < 1.29 is 4.79 Å². The van der Waals surface area contributed by atoms with E-state index in [2.05, 4.69) is 20.1 Å². The first-order valence-corrected chi connectivity index (χ1v) is 10.6. The highest BCUT2D eigenvalue weighted by Crippen LogP contribution is 2.36. The molecule has 0 saturated heterocycles. The van der Waals surface area contributed by atoms with Crippen LogP contribution in [0.1, 0.15) is 41.5 Å². The molecule has 3 aromatic rings. The summed E-state index contributed by atoms with van der Waals surface area (Å²) in [5.74, 6) is 0.983. The number of benzene rings is 2. The van der Waals surface area contributed by atoms with E-state index in [1.54, 1.807) is 0 Å². The predicted octanol–water partition coefficient (Wildman–Crippen LogP) is 4.79. The minimum Gasteiger partial charge on any atom is -0.325 e. The Morgan fingerprint density at radius 3 is 2.61 bits per heavy atom. The standard InChI is InChI=1S/C22H24N4OS/c1-16-11-13-18(14-12-16)23-21(27)20(17-8-4-2-5-9-17)28-22-25-24-19-10-6-3-7-15-26(19)22/h2,4-5,8-9,11-14,20H,3,6-7,10,15H2,1H3,(H,23,27). The number of carbonyl (C=O) groups is 1. The molecule has 1 aliphatic heterocycles.